The smallest absolute Gasteiger partial charge is 0.261 e. The van der Waals surface area contributed by atoms with Gasteiger partial charge in [-0.1, -0.05) is 44.2 Å². The van der Waals surface area contributed by atoms with Crippen LogP contribution in [0.15, 0.2) is 83.8 Å². The Morgan fingerprint density at radius 2 is 1.36 bits per heavy atom. The molecule has 28 heavy (non-hydrogen) atoms. The molecule has 0 fully saturated rings. The molecule has 1 amide bonds. The number of carbonyl (C=O) groups is 1. The van der Waals surface area contributed by atoms with Gasteiger partial charge in [-0.15, -0.1) is 0 Å². The lowest BCUT2D eigenvalue weighted by molar-refractivity contribution is 0.102. The Morgan fingerprint density at radius 1 is 0.786 bits per heavy atom. The highest BCUT2D eigenvalue weighted by atomic mass is 32.2. The SMILES string of the molecule is CC(C)c1ccc(NC(=O)c2ccc(NS(=O)(=O)c3ccccc3)cc2)cc1. The van der Waals surface area contributed by atoms with Gasteiger partial charge in [-0.2, -0.15) is 0 Å². The summed E-state index contributed by atoms with van der Waals surface area (Å²) < 4.78 is 27.2. The fourth-order valence-electron chi connectivity index (χ4n) is 2.66. The molecule has 0 aliphatic carbocycles. The number of benzene rings is 3. The molecule has 0 aliphatic rings. The number of sulfonamides is 1. The molecule has 0 saturated carbocycles. The minimum Gasteiger partial charge on any atom is -0.322 e. The molecule has 0 spiro atoms. The summed E-state index contributed by atoms with van der Waals surface area (Å²) in [5.74, 6) is 0.173. The topological polar surface area (TPSA) is 75.3 Å². The molecule has 0 radical (unpaired) electrons. The van der Waals surface area contributed by atoms with E-state index < -0.39 is 10.0 Å². The summed E-state index contributed by atoms with van der Waals surface area (Å²) in [7, 11) is -3.66. The first-order chi connectivity index (χ1) is 13.3. The monoisotopic (exact) mass is 394 g/mol. The van der Waals surface area contributed by atoms with E-state index in [0.717, 1.165) is 0 Å². The summed E-state index contributed by atoms with van der Waals surface area (Å²) in [5, 5.41) is 2.84. The van der Waals surface area contributed by atoms with Gasteiger partial charge < -0.3 is 5.32 Å². The highest BCUT2D eigenvalue weighted by molar-refractivity contribution is 7.92. The molecule has 5 nitrogen and oxygen atoms in total. The molecule has 3 rings (SSSR count). The van der Waals surface area contributed by atoms with Gasteiger partial charge in [0.1, 0.15) is 0 Å². The van der Waals surface area contributed by atoms with Crippen molar-refractivity contribution in [1.29, 1.82) is 0 Å². The van der Waals surface area contributed by atoms with Crippen LogP contribution in [-0.4, -0.2) is 14.3 Å². The zero-order valence-corrected chi connectivity index (χ0v) is 16.5. The van der Waals surface area contributed by atoms with Crippen molar-refractivity contribution in [3.63, 3.8) is 0 Å². The van der Waals surface area contributed by atoms with Crippen LogP contribution < -0.4 is 10.0 Å². The Labute approximate surface area is 165 Å². The molecule has 0 aliphatic heterocycles. The lowest BCUT2D eigenvalue weighted by Gasteiger charge is -2.10. The zero-order valence-electron chi connectivity index (χ0n) is 15.7. The van der Waals surface area contributed by atoms with E-state index in [1.165, 1.54) is 17.7 Å². The summed E-state index contributed by atoms with van der Waals surface area (Å²) >= 11 is 0. The number of anilines is 2. The van der Waals surface area contributed by atoms with Gasteiger partial charge in [0, 0.05) is 16.9 Å². The fraction of sp³-hybridized carbons (Fsp3) is 0.136. The highest BCUT2D eigenvalue weighted by Gasteiger charge is 2.14. The van der Waals surface area contributed by atoms with E-state index in [4.69, 9.17) is 0 Å². The van der Waals surface area contributed by atoms with Crippen LogP contribution >= 0.6 is 0 Å². The molecular weight excluding hydrogens is 372 g/mol. The van der Waals surface area contributed by atoms with Crippen LogP contribution in [-0.2, 0) is 10.0 Å². The number of amides is 1. The molecule has 0 atom stereocenters. The Balaban J connectivity index is 1.67. The maximum Gasteiger partial charge on any atom is 0.261 e. The fourth-order valence-corrected chi connectivity index (χ4v) is 3.74. The number of nitrogens with one attached hydrogen (secondary N) is 2. The van der Waals surface area contributed by atoms with Crippen LogP contribution in [0.25, 0.3) is 0 Å². The van der Waals surface area contributed by atoms with E-state index in [0.29, 0.717) is 22.9 Å². The van der Waals surface area contributed by atoms with Gasteiger partial charge in [-0.25, -0.2) is 8.42 Å². The molecule has 0 aromatic heterocycles. The van der Waals surface area contributed by atoms with E-state index >= 15 is 0 Å². The third kappa shape index (κ3) is 4.78. The standard InChI is InChI=1S/C22H22N2O3S/c1-16(2)17-8-12-19(13-9-17)23-22(25)18-10-14-20(15-11-18)24-28(26,27)21-6-4-3-5-7-21/h3-16,24H,1-2H3,(H,23,25). The molecule has 0 heterocycles. The van der Waals surface area contributed by atoms with Crippen LogP contribution in [0.3, 0.4) is 0 Å². The van der Waals surface area contributed by atoms with E-state index in [1.54, 1.807) is 42.5 Å². The number of hydrogen-bond donors (Lipinski definition) is 2. The van der Waals surface area contributed by atoms with Crippen molar-refractivity contribution in [1.82, 2.24) is 0 Å². The maximum absolute atomic E-state index is 12.4. The normalized spacial score (nSPS) is 11.2. The molecule has 3 aromatic carbocycles. The summed E-state index contributed by atoms with van der Waals surface area (Å²) in [5.41, 5.74) is 2.74. The van der Waals surface area contributed by atoms with Gasteiger partial charge in [-0.3, -0.25) is 9.52 Å². The molecule has 0 saturated heterocycles. The van der Waals surface area contributed by atoms with Crippen molar-refractivity contribution in [2.24, 2.45) is 0 Å². The van der Waals surface area contributed by atoms with Gasteiger partial charge >= 0.3 is 0 Å². The zero-order chi connectivity index (χ0) is 20.1. The number of carbonyl (C=O) groups excluding carboxylic acids is 1. The average molecular weight is 394 g/mol. The second-order valence-corrected chi connectivity index (χ2v) is 8.41. The largest absolute Gasteiger partial charge is 0.322 e. The minimum absolute atomic E-state index is 0.182. The molecule has 144 valence electrons. The maximum atomic E-state index is 12.4. The Hall–Kier alpha value is -3.12. The van der Waals surface area contributed by atoms with Crippen molar-refractivity contribution in [3.05, 3.63) is 90.0 Å². The van der Waals surface area contributed by atoms with Crippen LogP contribution in [0.5, 0.6) is 0 Å². The van der Waals surface area contributed by atoms with Gasteiger partial charge in [0.15, 0.2) is 0 Å². The number of rotatable bonds is 6. The van der Waals surface area contributed by atoms with Crippen molar-refractivity contribution in [2.75, 3.05) is 10.0 Å². The minimum atomic E-state index is -3.66. The van der Waals surface area contributed by atoms with Gasteiger partial charge in [0.2, 0.25) is 0 Å². The first-order valence-electron chi connectivity index (χ1n) is 8.94. The van der Waals surface area contributed by atoms with E-state index in [1.807, 2.05) is 24.3 Å². The Morgan fingerprint density at radius 3 is 1.93 bits per heavy atom. The molecule has 6 heteroatoms. The molecule has 3 aromatic rings. The summed E-state index contributed by atoms with van der Waals surface area (Å²) in [6.45, 7) is 4.22. The van der Waals surface area contributed by atoms with Crippen LogP contribution in [0.4, 0.5) is 11.4 Å². The first kappa shape index (κ1) is 19.6. The number of hydrogen-bond acceptors (Lipinski definition) is 3. The van der Waals surface area contributed by atoms with E-state index in [2.05, 4.69) is 23.9 Å². The molecular formula is C22H22N2O3S. The van der Waals surface area contributed by atoms with Crippen LogP contribution in [0.1, 0.15) is 35.7 Å². The summed E-state index contributed by atoms with van der Waals surface area (Å²) in [4.78, 5) is 12.6. The quantitative estimate of drug-likeness (QED) is 0.627. The van der Waals surface area contributed by atoms with Gasteiger partial charge in [0.25, 0.3) is 15.9 Å². The Bertz CT molecular complexity index is 1040. The lowest BCUT2D eigenvalue weighted by Crippen LogP contribution is -2.14. The van der Waals surface area contributed by atoms with Gasteiger partial charge in [0.05, 0.1) is 4.90 Å². The second-order valence-electron chi connectivity index (χ2n) is 6.73. The highest BCUT2D eigenvalue weighted by Crippen LogP contribution is 2.19. The average Bonchev–Trinajstić information content (AvgIpc) is 2.69. The third-order valence-electron chi connectivity index (χ3n) is 4.29. The van der Waals surface area contributed by atoms with Crippen molar-refractivity contribution >= 4 is 27.3 Å². The summed E-state index contributed by atoms with van der Waals surface area (Å²) in [6.07, 6.45) is 0. The van der Waals surface area contributed by atoms with E-state index in [9.17, 15) is 13.2 Å². The molecule has 0 unspecified atom stereocenters. The first-order valence-corrected chi connectivity index (χ1v) is 10.4. The predicted octanol–water partition coefficient (Wildman–Crippen LogP) is 4.86. The predicted molar refractivity (Wildman–Crippen MR) is 112 cm³/mol. The van der Waals surface area contributed by atoms with Crippen molar-refractivity contribution in [3.8, 4) is 0 Å². The molecule has 2 N–H and O–H groups in total. The molecule has 0 bridgehead atoms. The van der Waals surface area contributed by atoms with Crippen molar-refractivity contribution in [2.45, 2.75) is 24.7 Å². The van der Waals surface area contributed by atoms with Crippen LogP contribution in [0, 0.1) is 0 Å². The Kier molecular flexibility index (Phi) is 5.80. The summed E-state index contributed by atoms with van der Waals surface area (Å²) in [6, 6.07) is 22.1. The van der Waals surface area contributed by atoms with Crippen LogP contribution in [0.2, 0.25) is 0 Å². The third-order valence-corrected chi connectivity index (χ3v) is 5.69. The van der Waals surface area contributed by atoms with Gasteiger partial charge in [-0.05, 0) is 60.0 Å². The van der Waals surface area contributed by atoms with E-state index in [-0.39, 0.29) is 10.8 Å². The lowest BCUT2D eigenvalue weighted by atomic mass is 10.0. The van der Waals surface area contributed by atoms with Crippen molar-refractivity contribution < 1.29 is 13.2 Å². The second kappa shape index (κ2) is 8.27.